The number of aryl methyl sites for hydroxylation is 2. The molecular weight excluding hydrogens is 312 g/mol. The molecule has 0 spiro atoms. The summed E-state index contributed by atoms with van der Waals surface area (Å²) in [6.07, 6.45) is 1.73. The van der Waals surface area contributed by atoms with Crippen LogP contribution in [0.3, 0.4) is 0 Å². The molecule has 1 aromatic rings. The van der Waals surface area contributed by atoms with Gasteiger partial charge in [-0.3, -0.25) is 0 Å². The monoisotopic (exact) mass is 332 g/mol. The molecule has 1 aliphatic rings. The number of sulfonamides is 1. The van der Waals surface area contributed by atoms with Crippen molar-refractivity contribution in [3.63, 3.8) is 0 Å². The first kappa shape index (κ1) is 16.2. The van der Waals surface area contributed by atoms with Crippen molar-refractivity contribution < 1.29 is 12.6 Å². The summed E-state index contributed by atoms with van der Waals surface area (Å²) in [4.78, 5) is 10.8. The van der Waals surface area contributed by atoms with Gasteiger partial charge in [0.25, 0.3) is 10.0 Å². The molecular formula is C12H20N4O3S2. The first-order chi connectivity index (χ1) is 9.71. The average Bonchev–Trinajstić information content (AvgIpc) is 2.36. The van der Waals surface area contributed by atoms with Crippen LogP contribution in [0.25, 0.3) is 0 Å². The lowest BCUT2D eigenvalue weighted by Crippen LogP contribution is -2.41. The van der Waals surface area contributed by atoms with E-state index >= 15 is 0 Å². The minimum atomic E-state index is -3.58. The lowest BCUT2D eigenvalue weighted by Gasteiger charge is -2.29. The zero-order valence-electron chi connectivity index (χ0n) is 12.4. The Balaban J connectivity index is 2.20. The van der Waals surface area contributed by atoms with Gasteiger partial charge >= 0.3 is 0 Å². The van der Waals surface area contributed by atoms with Gasteiger partial charge in [0.15, 0.2) is 0 Å². The Labute approximate surface area is 126 Å². The lowest BCUT2D eigenvalue weighted by atomic mass is 10.3. The third-order valence-corrected chi connectivity index (χ3v) is 6.97. The van der Waals surface area contributed by atoms with Gasteiger partial charge in [0.1, 0.15) is 11.6 Å². The van der Waals surface area contributed by atoms with Crippen LogP contribution in [0.1, 0.15) is 18.4 Å². The molecule has 2 heterocycles. The van der Waals surface area contributed by atoms with Gasteiger partial charge in [0.05, 0.1) is 27.5 Å². The largest absolute Gasteiger partial charge is 0.355 e. The molecule has 1 aliphatic heterocycles. The predicted octanol–water partition coefficient (Wildman–Crippen LogP) is 0.595. The Morgan fingerprint density at radius 3 is 2.48 bits per heavy atom. The van der Waals surface area contributed by atoms with E-state index in [0.29, 0.717) is 13.1 Å². The molecule has 0 bridgehead atoms. The molecule has 0 amide bonds. The fourth-order valence-corrected chi connectivity index (χ4v) is 5.99. The second-order valence-electron chi connectivity index (χ2n) is 5.11. The van der Waals surface area contributed by atoms with Crippen molar-refractivity contribution in [2.45, 2.75) is 20.3 Å². The van der Waals surface area contributed by atoms with Crippen LogP contribution in [-0.4, -0.2) is 53.4 Å². The smallest absolute Gasteiger partial charge is 0.257 e. The Hall–Kier alpha value is -1.22. The van der Waals surface area contributed by atoms with Gasteiger partial charge in [-0.05, 0) is 6.92 Å². The van der Waals surface area contributed by atoms with Gasteiger partial charge in [0.2, 0.25) is 0 Å². The quantitative estimate of drug-likeness (QED) is 0.804. The molecule has 21 heavy (non-hydrogen) atoms. The summed E-state index contributed by atoms with van der Waals surface area (Å²) in [5, 5.41) is 0. The summed E-state index contributed by atoms with van der Waals surface area (Å²) in [5.74, 6) is 2.06. The molecule has 0 radical (unpaired) electrons. The summed E-state index contributed by atoms with van der Waals surface area (Å²) in [5.41, 5.74) is 0.893. The van der Waals surface area contributed by atoms with E-state index in [-0.39, 0.29) is 11.5 Å². The second-order valence-corrected chi connectivity index (χ2v) is 9.54. The maximum atomic E-state index is 12.4. The molecule has 1 saturated heterocycles. The molecule has 1 fully saturated rings. The van der Waals surface area contributed by atoms with Crippen LogP contribution in [0.2, 0.25) is 0 Å². The van der Waals surface area contributed by atoms with Gasteiger partial charge < -0.3 is 4.90 Å². The number of hydrogen-bond acceptors (Lipinski definition) is 6. The maximum Gasteiger partial charge on any atom is 0.257 e. The number of anilines is 1. The highest BCUT2D eigenvalue weighted by atomic mass is 32.3. The number of hydrogen-bond donors (Lipinski definition) is 0. The van der Waals surface area contributed by atoms with Crippen molar-refractivity contribution in [3.05, 3.63) is 17.6 Å². The standard InChI is InChI=1S/C12H20N4O3S2/c1-4-11-13-10(2)9-12(14-11)16-5-7-21(19,8-6-16)15-20(3,17)18/h9H,4-8H2,1-3H3. The summed E-state index contributed by atoms with van der Waals surface area (Å²) in [6, 6.07) is 1.89. The summed E-state index contributed by atoms with van der Waals surface area (Å²) in [7, 11) is -6.24. The minimum absolute atomic E-state index is 0.241. The molecule has 0 unspecified atom stereocenters. The highest BCUT2D eigenvalue weighted by Gasteiger charge is 2.23. The molecule has 118 valence electrons. The van der Waals surface area contributed by atoms with Crippen molar-refractivity contribution in [2.75, 3.05) is 35.8 Å². The number of aromatic nitrogens is 2. The molecule has 0 atom stereocenters. The summed E-state index contributed by atoms with van der Waals surface area (Å²) in [6.45, 7) is 4.87. The van der Waals surface area contributed by atoms with Gasteiger partial charge in [-0.15, -0.1) is 3.77 Å². The molecule has 1 aromatic heterocycles. The molecule has 0 aliphatic carbocycles. The Bertz CT molecular complexity index is 738. The second kappa shape index (κ2) is 5.88. The molecule has 9 heteroatoms. The van der Waals surface area contributed by atoms with Crippen molar-refractivity contribution in [1.82, 2.24) is 9.97 Å². The lowest BCUT2D eigenvalue weighted by molar-refractivity contribution is 0.603. The van der Waals surface area contributed by atoms with Crippen LogP contribution >= 0.6 is 0 Å². The third kappa shape index (κ3) is 4.37. The van der Waals surface area contributed by atoms with Gasteiger partial charge in [0, 0.05) is 31.3 Å². The number of rotatable bonds is 3. The number of nitrogens with zero attached hydrogens (tertiary/aromatic N) is 4. The van der Waals surface area contributed by atoms with Crippen LogP contribution < -0.4 is 4.90 Å². The van der Waals surface area contributed by atoms with Crippen molar-refractivity contribution >= 4 is 25.6 Å². The summed E-state index contributed by atoms with van der Waals surface area (Å²) >= 11 is 0. The van der Waals surface area contributed by atoms with E-state index in [0.717, 1.165) is 30.0 Å². The van der Waals surface area contributed by atoms with E-state index in [1.807, 2.05) is 24.8 Å². The van der Waals surface area contributed by atoms with Gasteiger partial charge in [-0.1, -0.05) is 6.92 Å². The Morgan fingerprint density at radius 2 is 1.95 bits per heavy atom. The highest BCUT2D eigenvalue weighted by Crippen LogP contribution is 2.17. The Kier molecular flexibility index (Phi) is 4.52. The molecule has 2 rings (SSSR count). The fraction of sp³-hybridized carbons (Fsp3) is 0.667. The van der Waals surface area contributed by atoms with E-state index in [2.05, 4.69) is 13.7 Å². The van der Waals surface area contributed by atoms with Crippen LogP contribution in [0.15, 0.2) is 9.83 Å². The van der Waals surface area contributed by atoms with Crippen LogP contribution in [0, 0.1) is 6.92 Å². The van der Waals surface area contributed by atoms with Crippen molar-refractivity contribution in [2.24, 2.45) is 3.77 Å². The zero-order chi connectivity index (χ0) is 15.7. The van der Waals surface area contributed by atoms with Crippen LogP contribution in [0.4, 0.5) is 5.82 Å². The maximum absolute atomic E-state index is 12.4. The minimum Gasteiger partial charge on any atom is -0.355 e. The van der Waals surface area contributed by atoms with Crippen molar-refractivity contribution in [1.29, 1.82) is 0 Å². The molecule has 0 N–H and O–H groups in total. The fourth-order valence-electron chi connectivity index (χ4n) is 2.20. The third-order valence-electron chi connectivity index (χ3n) is 3.16. The topological polar surface area (TPSA) is 92.6 Å². The first-order valence-electron chi connectivity index (χ1n) is 6.74. The van der Waals surface area contributed by atoms with Gasteiger partial charge in [-0.2, -0.15) is 0 Å². The van der Waals surface area contributed by atoms with Crippen molar-refractivity contribution in [3.8, 4) is 0 Å². The van der Waals surface area contributed by atoms with Gasteiger partial charge in [-0.25, -0.2) is 22.6 Å². The normalized spacial score (nSPS) is 18.5. The molecule has 7 nitrogen and oxygen atoms in total. The van der Waals surface area contributed by atoms with E-state index in [1.165, 1.54) is 0 Å². The van der Waals surface area contributed by atoms with E-state index in [1.54, 1.807) is 0 Å². The molecule has 0 aromatic carbocycles. The van der Waals surface area contributed by atoms with Crippen LogP contribution in [-0.2, 0) is 26.2 Å². The van der Waals surface area contributed by atoms with E-state index < -0.39 is 19.8 Å². The summed E-state index contributed by atoms with van der Waals surface area (Å²) < 4.78 is 38.3. The zero-order valence-corrected chi connectivity index (χ0v) is 14.1. The molecule has 0 saturated carbocycles. The van der Waals surface area contributed by atoms with E-state index in [9.17, 15) is 12.6 Å². The van der Waals surface area contributed by atoms with Crippen LogP contribution in [0.5, 0.6) is 0 Å². The van der Waals surface area contributed by atoms with E-state index in [4.69, 9.17) is 0 Å². The highest BCUT2D eigenvalue weighted by molar-refractivity contribution is 8.03. The average molecular weight is 332 g/mol. The SMILES string of the molecule is CCc1nc(C)cc(N2CCS(=O)(=NS(C)(=O)=O)CC2)n1. The first-order valence-corrected chi connectivity index (χ1v) is 10.4. The Morgan fingerprint density at radius 1 is 1.33 bits per heavy atom. The predicted molar refractivity (Wildman–Crippen MR) is 83.5 cm³/mol.